The Labute approximate surface area is 178 Å². The highest BCUT2D eigenvalue weighted by Crippen LogP contribution is 2.33. The van der Waals surface area contributed by atoms with Crippen LogP contribution in [0.25, 0.3) is 21.6 Å². The minimum absolute atomic E-state index is 0. The molecule has 4 heterocycles. The quantitative estimate of drug-likeness (QED) is 0.524. The molecule has 29 heavy (non-hydrogen) atoms. The summed E-state index contributed by atoms with van der Waals surface area (Å²) in [6.07, 6.45) is 3.74. The minimum atomic E-state index is 0. The third-order valence-corrected chi connectivity index (χ3v) is 6.02. The molecule has 0 radical (unpaired) electrons. The van der Waals surface area contributed by atoms with Crippen LogP contribution in [0.5, 0.6) is 0 Å². The van der Waals surface area contributed by atoms with Gasteiger partial charge in [-0.3, -0.25) is 0 Å². The van der Waals surface area contributed by atoms with Gasteiger partial charge < -0.3 is 15.2 Å². The van der Waals surface area contributed by atoms with E-state index in [1.807, 2.05) is 24.3 Å². The van der Waals surface area contributed by atoms with E-state index in [0.29, 0.717) is 18.3 Å². The zero-order valence-corrected chi connectivity index (χ0v) is 17.3. The zero-order chi connectivity index (χ0) is 18.9. The molecule has 0 bridgehead atoms. The lowest BCUT2D eigenvalue weighted by molar-refractivity contribution is 0.333. The van der Waals surface area contributed by atoms with E-state index in [-0.39, 0.29) is 18.3 Å². The number of hydrogen-bond acceptors (Lipinski definition) is 8. The van der Waals surface area contributed by atoms with Crippen molar-refractivity contribution in [2.75, 3.05) is 18.0 Å². The molecule has 7 nitrogen and oxygen atoms in total. The van der Waals surface area contributed by atoms with Gasteiger partial charge in [0.2, 0.25) is 11.7 Å². The second kappa shape index (κ2) is 8.44. The van der Waals surface area contributed by atoms with Crippen LogP contribution in [0.2, 0.25) is 0 Å². The molecule has 3 aromatic heterocycles. The Kier molecular flexibility index (Phi) is 5.75. The summed E-state index contributed by atoms with van der Waals surface area (Å²) in [5, 5.41) is 7.37. The van der Waals surface area contributed by atoms with Gasteiger partial charge in [-0.25, -0.2) is 9.97 Å². The molecule has 0 amide bonds. The fraction of sp³-hybridized carbons (Fsp3) is 0.300. The van der Waals surface area contributed by atoms with E-state index in [1.54, 1.807) is 17.7 Å². The summed E-state index contributed by atoms with van der Waals surface area (Å²) in [4.78, 5) is 16.9. The van der Waals surface area contributed by atoms with Crippen LogP contribution in [0.3, 0.4) is 0 Å². The van der Waals surface area contributed by atoms with Crippen molar-refractivity contribution in [2.45, 2.75) is 25.3 Å². The van der Waals surface area contributed by atoms with Crippen LogP contribution in [0.1, 0.15) is 30.2 Å². The number of hydrogen-bond donors (Lipinski definition) is 1. The number of anilines is 1. The SMILES string of the molecule is Cl.NCc1ccc(-c2noc(C3CCCN(c4ncnc5sccc45)C3)n2)cc1. The maximum atomic E-state index is 5.67. The fourth-order valence-electron chi connectivity index (χ4n) is 3.71. The highest BCUT2D eigenvalue weighted by atomic mass is 35.5. The number of nitrogens with two attached hydrogens (primary N) is 1. The number of thiophene rings is 1. The number of rotatable bonds is 4. The Bertz CT molecular complexity index is 1100. The summed E-state index contributed by atoms with van der Waals surface area (Å²) in [6, 6.07) is 10.1. The Morgan fingerprint density at radius 3 is 2.86 bits per heavy atom. The van der Waals surface area contributed by atoms with Crippen molar-refractivity contribution in [1.82, 2.24) is 20.1 Å². The van der Waals surface area contributed by atoms with E-state index >= 15 is 0 Å². The van der Waals surface area contributed by atoms with Gasteiger partial charge in [-0.1, -0.05) is 29.4 Å². The van der Waals surface area contributed by atoms with Gasteiger partial charge in [0.25, 0.3) is 0 Å². The summed E-state index contributed by atoms with van der Waals surface area (Å²) in [5.74, 6) is 2.51. The molecule has 4 aromatic rings. The molecule has 2 N–H and O–H groups in total. The lowest BCUT2D eigenvalue weighted by Gasteiger charge is -2.32. The molecule has 1 fully saturated rings. The van der Waals surface area contributed by atoms with Crippen molar-refractivity contribution in [3.63, 3.8) is 0 Å². The molecular formula is C20H21ClN6OS. The molecule has 1 atom stereocenters. The molecule has 1 aliphatic rings. The molecule has 0 aliphatic carbocycles. The van der Waals surface area contributed by atoms with Gasteiger partial charge in [-0.05, 0) is 29.9 Å². The Hall–Kier alpha value is -2.55. The first kappa shape index (κ1) is 19.8. The number of benzene rings is 1. The molecule has 9 heteroatoms. The van der Waals surface area contributed by atoms with E-state index in [9.17, 15) is 0 Å². The molecule has 1 saturated heterocycles. The smallest absolute Gasteiger partial charge is 0.231 e. The average Bonchev–Trinajstić information content (AvgIpc) is 3.43. The van der Waals surface area contributed by atoms with Crippen molar-refractivity contribution < 1.29 is 4.52 Å². The predicted octanol–water partition coefficient (Wildman–Crippen LogP) is 4.01. The number of fused-ring (bicyclic) bond motifs is 1. The molecule has 150 valence electrons. The number of nitrogens with zero attached hydrogens (tertiary/aromatic N) is 5. The van der Waals surface area contributed by atoms with Crippen LogP contribution in [0.4, 0.5) is 5.82 Å². The monoisotopic (exact) mass is 428 g/mol. The first-order valence-electron chi connectivity index (χ1n) is 9.38. The predicted molar refractivity (Wildman–Crippen MR) is 116 cm³/mol. The van der Waals surface area contributed by atoms with Crippen LogP contribution in [-0.4, -0.2) is 33.2 Å². The molecule has 1 aromatic carbocycles. The van der Waals surface area contributed by atoms with Crippen molar-refractivity contribution in [3.8, 4) is 11.4 Å². The summed E-state index contributed by atoms with van der Waals surface area (Å²) >= 11 is 1.64. The van der Waals surface area contributed by atoms with E-state index in [0.717, 1.165) is 53.1 Å². The number of piperidine rings is 1. The average molecular weight is 429 g/mol. The van der Waals surface area contributed by atoms with Crippen molar-refractivity contribution in [1.29, 1.82) is 0 Å². The van der Waals surface area contributed by atoms with E-state index in [4.69, 9.17) is 10.3 Å². The van der Waals surface area contributed by atoms with Gasteiger partial charge in [0.1, 0.15) is 17.0 Å². The molecule has 1 unspecified atom stereocenters. The third kappa shape index (κ3) is 3.83. The van der Waals surface area contributed by atoms with E-state index < -0.39 is 0 Å². The lowest BCUT2D eigenvalue weighted by Crippen LogP contribution is -2.35. The lowest BCUT2D eigenvalue weighted by atomic mass is 9.98. The molecule has 0 spiro atoms. The van der Waals surface area contributed by atoms with Gasteiger partial charge in [-0.15, -0.1) is 23.7 Å². The largest absolute Gasteiger partial charge is 0.355 e. The van der Waals surface area contributed by atoms with Crippen molar-refractivity contribution in [2.24, 2.45) is 5.73 Å². The van der Waals surface area contributed by atoms with Gasteiger partial charge in [-0.2, -0.15) is 4.98 Å². The maximum absolute atomic E-state index is 5.67. The first-order chi connectivity index (χ1) is 13.8. The summed E-state index contributed by atoms with van der Waals surface area (Å²) in [5.41, 5.74) is 7.69. The van der Waals surface area contributed by atoms with Crippen molar-refractivity contribution >= 4 is 39.8 Å². The number of halogens is 1. The maximum Gasteiger partial charge on any atom is 0.231 e. The second-order valence-corrected chi connectivity index (χ2v) is 7.87. The van der Waals surface area contributed by atoms with Crippen LogP contribution in [0.15, 0.2) is 46.6 Å². The Balaban J connectivity index is 0.00000205. The van der Waals surface area contributed by atoms with Gasteiger partial charge >= 0.3 is 0 Å². The highest BCUT2D eigenvalue weighted by molar-refractivity contribution is 7.16. The summed E-state index contributed by atoms with van der Waals surface area (Å²) < 4.78 is 5.63. The van der Waals surface area contributed by atoms with Gasteiger partial charge in [0, 0.05) is 25.2 Å². The summed E-state index contributed by atoms with van der Waals surface area (Å²) in [7, 11) is 0. The number of aromatic nitrogens is 4. The molecule has 0 saturated carbocycles. The second-order valence-electron chi connectivity index (χ2n) is 6.98. The topological polar surface area (TPSA) is 94.0 Å². The molecular weight excluding hydrogens is 408 g/mol. The standard InChI is InChI=1S/C20H20N6OS.ClH/c21-10-13-3-5-14(6-4-13)17-24-19(27-25-17)15-2-1-8-26(11-15)18-16-7-9-28-20(16)23-12-22-18;/h3-7,9,12,15H,1-2,8,10-11,21H2;1H. The third-order valence-electron chi connectivity index (χ3n) is 5.20. The normalized spacial score (nSPS) is 16.7. The summed E-state index contributed by atoms with van der Waals surface area (Å²) in [6.45, 7) is 2.31. The molecule has 1 aliphatic heterocycles. The van der Waals surface area contributed by atoms with E-state index in [2.05, 4.69) is 36.5 Å². The highest BCUT2D eigenvalue weighted by Gasteiger charge is 2.28. The molecule has 5 rings (SSSR count). The van der Waals surface area contributed by atoms with E-state index in [1.165, 1.54) is 0 Å². The van der Waals surface area contributed by atoms with Crippen LogP contribution in [0, 0.1) is 0 Å². The van der Waals surface area contributed by atoms with Crippen molar-refractivity contribution in [3.05, 3.63) is 53.5 Å². The van der Waals surface area contributed by atoms with Gasteiger partial charge in [0.15, 0.2) is 0 Å². The fourth-order valence-corrected chi connectivity index (χ4v) is 4.44. The first-order valence-corrected chi connectivity index (χ1v) is 10.3. The van der Waals surface area contributed by atoms with Crippen LogP contribution < -0.4 is 10.6 Å². The van der Waals surface area contributed by atoms with Gasteiger partial charge in [0.05, 0.1) is 11.3 Å². The Morgan fingerprint density at radius 2 is 2.03 bits per heavy atom. The van der Waals surface area contributed by atoms with Crippen LogP contribution in [-0.2, 0) is 6.54 Å². The minimum Gasteiger partial charge on any atom is -0.355 e. The van der Waals surface area contributed by atoms with Crippen LogP contribution >= 0.6 is 23.7 Å². The Morgan fingerprint density at radius 1 is 1.17 bits per heavy atom. The zero-order valence-electron chi connectivity index (χ0n) is 15.7.